The third kappa shape index (κ3) is 9.09. The average molecular weight is 618 g/mol. The number of nitrogens with zero attached hydrogens (tertiary/aromatic N) is 1. The van der Waals surface area contributed by atoms with Crippen LogP contribution in [0.5, 0.6) is 0 Å². The van der Waals surface area contributed by atoms with Crippen LogP contribution in [0.15, 0.2) is 66.2 Å². The molecule has 6 heteroatoms. The van der Waals surface area contributed by atoms with Gasteiger partial charge in [0, 0.05) is 46.3 Å². The van der Waals surface area contributed by atoms with Crippen molar-refractivity contribution in [2.75, 3.05) is 7.05 Å². The molecular weight excluding hydrogens is 571 g/mol. The largest absolute Gasteiger partial charge is 0.395 e. The van der Waals surface area contributed by atoms with Gasteiger partial charge in [0.25, 0.3) is 0 Å². The summed E-state index contributed by atoms with van der Waals surface area (Å²) in [5, 5.41) is 2.54. The molecule has 0 bridgehead atoms. The van der Waals surface area contributed by atoms with Gasteiger partial charge in [-0.05, 0) is 60.7 Å². The Labute approximate surface area is 262 Å². The molecule has 0 aliphatic heterocycles. The average Bonchev–Trinajstić information content (AvgIpc) is 3.16. The van der Waals surface area contributed by atoms with E-state index in [2.05, 4.69) is 149 Å². The Morgan fingerprint density at radius 1 is 0.825 bits per heavy atom. The zero-order valence-electron chi connectivity index (χ0n) is 26.5. The first kappa shape index (κ1) is 34.4. The molecular formula is C34H47NOSi3Ti. The number of hydrogen-bond acceptors (Lipinski definition) is 1. The van der Waals surface area contributed by atoms with Crippen molar-refractivity contribution < 1.29 is 26.2 Å². The SMILES string of the molecule is CC1=Cc2c(-c3cccc4ccccc34)cccc2C1C[Si](=O)N(C)C(C)(C)C.C[Si](C)(C)C#C[Si](C)(C)C.[Ti]. The topological polar surface area (TPSA) is 20.3 Å². The summed E-state index contributed by atoms with van der Waals surface area (Å²) < 4.78 is 15.2. The van der Waals surface area contributed by atoms with Crippen LogP contribution in [0, 0.1) is 11.1 Å². The summed E-state index contributed by atoms with van der Waals surface area (Å²) in [6.07, 6.45) is 2.31. The maximum atomic E-state index is 13.1. The minimum absolute atomic E-state index is 0. The van der Waals surface area contributed by atoms with E-state index in [1.807, 2.05) is 7.05 Å². The van der Waals surface area contributed by atoms with E-state index >= 15 is 0 Å². The standard InChI is InChI=1S/C26H29NOSi.C8H18Si2.Ti/c1-18-16-24-22(21-13-8-11-19-10-6-7-12-20(19)21)14-9-15-23(24)25(18)17-29(28)27(5)26(2,3)4;1-9(2,3)7-8-10(4,5)6;/h6-16,25H,17H2,1-5H3;1-6H3;. The minimum atomic E-state index is -1.85. The molecule has 0 aromatic heterocycles. The number of rotatable bonds is 4. The quantitative estimate of drug-likeness (QED) is 0.215. The Morgan fingerprint density at radius 2 is 1.35 bits per heavy atom. The monoisotopic (exact) mass is 617 g/mol. The minimum Gasteiger partial charge on any atom is -0.375 e. The van der Waals surface area contributed by atoms with E-state index in [1.54, 1.807) is 0 Å². The van der Waals surface area contributed by atoms with Gasteiger partial charge in [-0.2, -0.15) is 0 Å². The molecule has 0 amide bonds. The fourth-order valence-electron chi connectivity index (χ4n) is 4.65. The van der Waals surface area contributed by atoms with Crippen LogP contribution in [0.1, 0.15) is 44.7 Å². The molecule has 0 fully saturated rings. The van der Waals surface area contributed by atoms with Crippen LogP contribution >= 0.6 is 0 Å². The van der Waals surface area contributed by atoms with Crippen molar-refractivity contribution in [2.24, 2.45) is 0 Å². The Balaban J connectivity index is 0.000000439. The fourth-order valence-corrected chi connectivity index (χ4v) is 9.56. The Hall–Kier alpha value is -1.82. The van der Waals surface area contributed by atoms with Crippen LogP contribution in [0.25, 0.3) is 28.0 Å². The van der Waals surface area contributed by atoms with E-state index in [0.717, 1.165) is 0 Å². The van der Waals surface area contributed by atoms with Gasteiger partial charge in [-0.25, -0.2) is 0 Å². The van der Waals surface area contributed by atoms with Crippen molar-refractivity contribution in [3.63, 3.8) is 0 Å². The molecule has 0 saturated heterocycles. The molecule has 1 unspecified atom stereocenters. The molecule has 40 heavy (non-hydrogen) atoms. The van der Waals surface area contributed by atoms with Crippen LogP contribution in [0.2, 0.25) is 45.3 Å². The van der Waals surface area contributed by atoms with Gasteiger partial charge in [0.2, 0.25) is 0 Å². The van der Waals surface area contributed by atoms with Gasteiger partial charge < -0.3 is 9.03 Å². The van der Waals surface area contributed by atoms with Crippen LogP contribution in [-0.2, 0) is 26.2 Å². The molecule has 2 nitrogen and oxygen atoms in total. The second-order valence-corrected chi connectivity index (χ2v) is 25.2. The fraction of sp³-hybridized carbons (Fsp3) is 0.412. The van der Waals surface area contributed by atoms with E-state index in [0.29, 0.717) is 6.04 Å². The van der Waals surface area contributed by atoms with Crippen molar-refractivity contribution in [3.8, 4) is 22.2 Å². The second kappa shape index (κ2) is 13.4. The smallest absolute Gasteiger partial charge is 0.375 e. The molecule has 4 rings (SSSR count). The van der Waals surface area contributed by atoms with Crippen LogP contribution in [0.4, 0.5) is 0 Å². The summed E-state index contributed by atoms with van der Waals surface area (Å²) in [5.74, 6) is 0.233. The Bertz CT molecular complexity index is 1420. The second-order valence-electron chi connectivity index (χ2n) is 13.9. The molecule has 0 radical (unpaired) electrons. The zero-order valence-corrected chi connectivity index (χ0v) is 31.1. The van der Waals surface area contributed by atoms with Gasteiger partial charge in [0.05, 0.1) is 0 Å². The first-order valence-electron chi connectivity index (χ1n) is 14.1. The Morgan fingerprint density at radius 3 is 1.93 bits per heavy atom. The van der Waals surface area contributed by atoms with Gasteiger partial charge >= 0.3 is 8.84 Å². The number of benzene rings is 3. The van der Waals surface area contributed by atoms with Crippen LogP contribution in [-0.4, -0.2) is 42.1 Å². The first-order chi connectivity index (χ1) is 18.0. The zero-order chi connectivity index (χ0) is 29.2. The molecule has 3 aromatic carbocycles. The third-order valence-electron chi connectivity index (χ3n) is 7.09. The normalized spacial score (nSPS) is 14.6. The van der Waals surface area contributed by atoms with Crippen molar-refractivity contribution in [1.29, 1.82) is 0 Å². The van der Waals surface area contributed by atoms with Gasteiger partial charge in [-0.3, -0.25) is 0 Å². The van der Waals surface area contributed by atoms with Crippen molar-refractivity contribution in [1.82, 2.24) is 4.57 Å². The predicted octanol–water partition coefficient (Wildman–Crippen LogP) is 9.40. The van der Waals surface area contributed by atoms with Crippen molar-refractivity contribution in [3.05, 3.63) is 77.4 Å². The van der Waals surface area contributed by atoms with E-state index in [1.165, 1.54) is 38.6 Å². The van der Waals surface area contributed by atoms with Crippen molar-refractivity contribution in [2.45, 2.75) is 84.5 Å². The molecule has 1 aliphatic rings. The molecule has 1 aliphatic carbocycles. The Kier molecular flexibility index (Phi) is 11.6. The predicted molar refractivity (Wildman–Crippen MR) is 179 cm³/mol. The molecule has 0 saturated carbocycles. The number of allylic oxidation sites excluding steroid dienone is 1. The summed E-state index contributed by atoms with van der Waals surface area (Å²) in [7, 11) is -2.05. The molecule has 1 atom stereocenters. The first-order valence-corrected chi connectivity index (χ1v) is 22.6. The maximum Gasteiger partial charge on any atom is 0.395 e. The molecule has 0 N–H and O–H groups in total. The summed E-state index contributed by atoms with van der Waals surface area (Å²) in [5.41, 5.74) is 13.2. The molecule has 0 spiro atoms. The number of fused-ring (bicyclic) bond motifs is 2. The summed E-state index contributed by atoms with van der Waals surface area (Å²) in [4.78, 5) is 0. The maximum absolute atomic E-state index is 13.1. The van der Waals surface area contributed by atoms with Gasteiger partial charge in [0.15, 0.2) is 0 Å². The summed E-state index contributed by atoms with van der Waals surface area (Å²) in [6.45, 7) is 22.3. The van der Waals surface area contributed by atoms with Crippen molar-refractivity contribution >= 4 is 41.8 Å². The van der Waals surface area contributed by atoms with Crippen LogP contribution in [0.3, 0.4) is 0 Å². The van der Waals surface area contributed by atoms with Gasteiger partial charge in [0.1, 0.15) is 16.1 Å². The van der Waals surface area contributed by atoms with Crippen LogP contribution < -0.4 is 0 Å². The number of hydrogen-bond donors (Lipinski definition) is 0. The van der Waals surface area contributed by atoms with Gasteiger partial charge in [-0.1, -0.05) is 112 Å². The van der Waals surface area contributed by atoms with E-state index in [9.17, 15) is 4.46 Å². The third-order valence-corrected chi connectivity index (χ3v) is 11.3. The summed E-state index contributed by atoms with van der Waals surface area (Å²) in [6, 6.07) is 22.4. The molecule has 0 heterocycles. The molecule has 210 valence electrons. The van der Waals surface area contributed by atoms with E-state index < -0.39 is 25.0 Å². The molecule has 3 aromatic rings. The van der Waals surface area contributed by atoms with E-state index in [-0.39, 0.29) is 33.2 Å². The summed E-state index contributed by atoms with van der Waals surface area (Å²) >= 11 is 0. The van der Waals surface area contributed by atoms with E-state index in [4.69, 9.17) is 0 Å². The van der Waals surface area contributed by atoms with Gasteiger partial charge in [-0.15, -0.1) is 11.1 Å².